The van der Waals surface area contributed by atoms with Gasteiger partial charge in [-0.2, -0.15) is 0 Å². The maximum Gasteiger partial charge on any atom is 0.292 e. The molecular weight excluding hydrogens is 378 g/mol. The lowest BCUT2D eigenvalue weighted by molar-refractivity contribution is 0.0642. The standard InChI is InChI=1S/C24H31N3O3/c1-29-19-7-4-6-18(14-19)15-26-12-5-10-24(16-26)11-13-27(17-24)23(28)22-20-8-2-3-9-21(20)25-30-22/h4,6-7,14H,2-3,5,8-13,15-17H2,1H3/t24-/m1/s1. The van der Waals surface area contributed by atoms with Crippen molar-refractivity contribution in [1.82, 2.24) is 15.0 Å². The number of likely N-dealkylation sites (tertiary alicyclic amines) is 2. The summed E-state index contributed by atoms with van der Waals surface area (Å²) in [5, 5.41) is 4.19. The van der Waals surface area contributed by atoms with Gasteiger partial charge in [-0.15, -0.1) is 0 Å². The molecule has 160 valence electrons. The summed E-state index contributed by atoms with van der Waals surface area (Å²) in [4.78, 5) is 17.8. The van der Waals surface area contributed by atoms with Crippen molar-refractivity contribution in [2.24, 2.45) is 5.41 Å². The second-order valence-corrected chi connectivity index (χ2v) is 9.29. The van der Waals surface area contributed by atoms with Gasteiger partial charge in [0.2, 0.25) is 5.76 Å². The van der Waals surface area contributed by atoms with E-state index in [0.717, 1.165) is 81.8 Å². The van der Waals surface area contributed by atoms with E-state index in [1.54, 1.807) is 7.11 Å². The maximum absolute atomic E-state index is 13.2. The predicted molar refractivity (Wildman–Crippen MR) is 114 cm³/mol. The van der Waals surface area contributed by atoms with Gasteiger partial charge in [-0.1, -0.05) is 17.3 Å². The number of carbonyl (C=O) groups excluding carboxylic acids is 1. The van der Waals surface area contributed by atoms with E-state index in [-0.39, 0.29) is 11.3 Å². The van der Waals surface area contributed by atoms with E-state index in [4.69, 9.17) is 9.26 Å². The molecule has 6 heteroatoms. The van der Waals surface area contributed by atoms with Crippen LogP contribution in [0.1, 0.15) is 59.5 Å². The fourth-order valence-corrected chi connectivity index (χ4v) is 5.62. The van der Waals surface area contributed by atoms with Crippen molar-refractivity contribution in [2.45, 2.75) is 51.5 Å². The van der Waals surface area contributed by atoms with Crippen molar-refractivity contribution in [3.63, 3.8) is 0 Å². The highest BCUT2D eigenvalue weighted by Gasteiger charge is 2.44. The lowest BCUT2D eigenvalue weighted by atomic mass is 9.79. The fourth-order valence-electron chi connectivity index (χ4n) is 5.62. The van der Waals surface area contributed by atoms with Crippen molar-refractivity contribution in [3.05, 3.63) is 46.8 Å². The average Bonchev–Trinajstić information content (AvgIpc) is 3.38. The van der Waals surface area contributed by atoms with Crippen LogP contribution in [0.25, 0.3) is 0 Å². The van der Waals surface area contributed by atoms with Gasteiger partial charge < -0.3 is 14.2 Å². The minimum atomic E-state index is 0.0486. The third-order valence-corrected chi connectivity index (χ3v) is 7.16. The molecule has 1 aliphatic carbocycles. The van der Waals surface area contributed by atoms with Gasteiger partial charge in [0.1, 0.15) is 5.75 Å². The summed E-state index contributed by atoms with van der Waals surface area (Å²) in [5.74, 6) is 1.46. The van der Waals surface area contributed by atoms with Crippen molar-refractivity contribution in [3.8, 4) is 5.75 Å². The third-order valence-electron chi connectivity index (χ3n) is 7.16. The van der Waals surface area contributed by atoms with Gasteiger partial charge in [0.15, 0.2) is 0 Å². The summed E-state index contributed by atoms with van der Waals surface area (Å²) in [6, 6.07) is 8.34. The van der Waals surface area contributed by atoms with Gasteiger partial charge in [-0.3, -0.25) is 9.69 Å². The maximum atomic E-state index is 13.2. The Kier molecular flexibility index (Phi) is 5.27. The number of hydrogen-bond donors (Lipinski definition) is 0. The Balaban J connectivity index is 1.26. The number of amides is 1. The monoisotopic (exact) mass is 409 g/mol. The number of ether oxygens (including phenoxy) is 1. The Morgan fingerprint density at radius 1 is 1.17 bits per heavy atom. The van der Waals surface area contributed by atoms with Gasteiger partial charge in [0, 0.05) is 37.2 Å². The lowest BCUT2D eigenvalue weighted by Gasteiger charge is -2.40. The second-order valence-electron chi connectivity index (χ2n) is 9.29. The number of benzene rings is 1. The molecule has 30 heavy (non-hydrogen) atoms. The Bertz CT molecular complexity index is 924. The minimum absolute atomic E-state index is 0.0486. The first-order valence-electron chi connectivity index (χ1n) is 11.3. The molecular formula is C24H31N3O3. The molecule has 0 N–H and O–H groups in total. The molecule has 1 atom stereocenters. The molecule has 3 aliphatic rings. The number of methoxy groups -OCH3 is 1. The number of carbonyl (C=O) groups is 1. The number of fused-ring (bicyclic) bond motifs is 1. The Labute approximate surface area is 178 Å². The van der Waals surface area contributed by atoms with Gasteiger partial charge in [0.05, 0.1) is 12.8 Å². The number of piperidine rings is 1. The molecule has 6 nitrogen and oxygen atoms in total. The normalized spacial score (nSPS) is 24.2. The van der Waals surface area contributed by atoms with Gasteiger partial charge >= 0.3 is 0 Å². The minimum Gasteiger partial charge on any atom is -0.497 e. The van der Waals surface area contributed by atoms with Crippen LogP contribution in [0.3, 0.4) is 0 Å². The molecule has 2 fully saturated rings. The van der Waals surface area contributed by atoms with Crippen LogP contribution in [0, 0.1) is 5.41 Å². The van der Waals surface area contributed by atoms with Crippen LogP contribution in [0.15, 0.2) is 28.8 Å². The smallest absolute Gasteiger partial charge is 0.292 e. The predicted octanol–water partition coefficient (Wildman–Crippen LogP) is 3.69. The molecule has 0 unspecified atom stereocenters. The molecule has 3 heterocycles. The Morgan fingerprint density at radius 3 is 2.97 bits per heavy atom. The zero-order valence-corrected chi connectivity index (χ0v) is 17.9. The molecule has 2 aliphatic heterocycles. The largest absolute Gasteiger partial charge is 0.497 e. The first-order valence-corrected chi connectivity index (χ1v) is 11.3. The topological polar surface area (TPSA) is 58.8 Å². The number of aromatic nitrogens is 1. The van der Waals surface area contributed by atoms with Crippen LogP contribution >= 0.6 is 0 Å². The number of rotatable bonds is 4. The molecule has 2 aromatic rings. The van der Waals surface area contributed by atoms with Crippen molar-refractivity contribution in [1.29, 1.82) is 0 Å². The van der Waals surface area contributed by atoms with E-state index in [9.17, 15) is 4.79 Å². The second kappa shape index (κ2) is 8.06. The molecule has 0 saturated carbocycles. The average molecular weight is 410 g/mol. The first kappa shape index (κ1) is 19.6. The van der Waals surface area contributed by atoms with E-state index >= 15 is 0 Å². The summed E-state index contributed by atoms with van der Waals surface area (Å²) < 4.78 is 10.9. The third kappa shape index (κ3) is 3.73. The summed E-state index contributed by atoms with van der Waals surface area (Å²) in [6.45, 7) is 4.74. The Hall–Kier alpha value is -2.34. The lowest BCUT2D eigenvalue weighted by Crippen LogP contribution is -2.45. The molecule has 0 bridgehead atoms. The van der Waals surface area contributed by atoms with E-state index < -0.39 is 0 Å². The zero-order valence-electron chi connectivity index (χ0n) is 17.9. The van der Waals surface area contributed by atoms with Crippen molar-refractivity contribution < 1.29 is 14.1 Å². The highest BCUT2D eigenvalue weighted by molar-refractivity contribution is 5.93. The van der Waals surface area contributed by atoms with Crippen LogP contribution in [0.2, 0.25) is 0 Å². The molecule has 1 aromatic carbocycles. The van der Waals surface area contributed by atoms with Gasteiger partial charge in [-0.05, 0) is 69.2 Å². The van der Waals surface area contributed by atoms with Gasteiger partial charge in [-0.25, -0.2) is 0 Å². The molecule has 2 saturated heterocycles. The number of aryl methyl sites for hydroxylation is 1. The van der Waals surface area contributed by atoms with Crippen LogP contribution < -0.4 is 4.74 Å². The highest BCUT2D eigenvalue weighted by Crippen LogP contribution is 2.40. The summed E-state index contributed by atoms with van der Waals surface area (Å²) >= 11 is 0. The van der Waals surface area contributed by atoms with E-state index in [0.29, 0.717) is 5.76 Å². The summed E-state index contributed by atoms with van der Waals surface area (Å²) in [5.41, 5.74) is 3.55. The number of nitrogens with zero attached hydrogens (tertiary/aromatic N) is 3. The van der Waals surface area contributed by atoms with Crippen LogP contribution in [0.4, 0.5) is 0 Å². The summed E-state index contributed by atoms with van der Waals surface area (Å²) in [6.07, 6.45) is 7.58. The van der Waals surface area contributed by atoms with Crippen LogP contribution in [-0.4, -0.2) is 54.2 Å². The molecule has 1 aromatic heterocycles. The number of hydrogen-bond acceptors (Lipinski definition) is 5. The summed E-state index contributed by atoms with van der Waals surface area (Å²) in [7, 11) is 1.71. The van der Waals surface area contributed by atoms with E-state index in [1.807, 2.05) is 11.0 Å². The van der Waals surface area contributed by atoms with Gasteiger partial charge in [0.25, 0.3) is 5.91 Å². The van der Waals surface area contributed by atoms with Crippen molar-refractivity contribution >= 4 is 5.91 Å². The molecule has 5 rings (SSSR count). The Morgan fingerprint density at radius 2 is 2.07 bits per heavy atom. The fraction of sp³-hybridized carbons (Fsp3) is 0.583. The molecule has 0 radical (unpaired) electrons. The van der Waals surface area contributed by atoms with Crippen LogP contribution in [-0.2, 0) is 19.4 Å². The van der Waals surface area contributed by atoms with E-state index in [1.165, 1.54) is 18.4 Å². The van der Waals surface area contributed by atoms with Crippen LogP contribution in [0.5, 0.6) is 5.75 Å². The quantitative estimate of drug-likeness (QED) is 0.771. The first-order chi connectivity index (χ1) is 14.7. The zero-order chi connectivity index (χ0) is 20.6. The van der Waals surface area contributed by atoms with Crippen molar-refractivity contribution in [2.75, 3.05) is 33.3 Å². The van der Waals surface area contributed by atoms with E-state index in [2.05, 4.69) is 28.3 Å². The SMILES string of the molecule is COc1cccc(CN2CCC[C@@]3(CCN(C(=O)c4onc5c4CCCC5)C3)C2)c1. The highest BCUT2D eigenvalue weighted by atomic mass is 16.5. The molecule has 1 amide bonds. The molecule has 1 spiro atoms.